The summed E-state index contributed by atoms with van der Waals surface area (Å²) in [6.45, 7) is 1.58. The minimum atomic E-state index is -0.268. The highest BCUT2D eigenvalue weighted by Crippen LogP contribution is 2.27. The molecule has 0 aliphatic heterocycles. The van der Waals surface area contributed by atoms with Gasteiger partial charge in [-0.3, -0.25) is 4.79 Å². The average Bonchev–Trinajstić information content (AvgIpc) is 2.05. The fraction of sp³-hybridized carbons (Fsp3) is 0.778. The highest BCUT2D eigenvalue weighted by atomic mass is 16.1. The maximum absolute atomic E-state index is 10.9. The number of Topliss-reactive ketones (excluding diaryl/α,β-unsaturated/α-hetero) is 1. The Morgan fingerprint density at radius 3 is 2.36 bits per heavy atom. The van der Waals surface area contributed by atoms with Crippen molar-refractivity contribution < 1.29 is 4.79 Å². The highest BCUT2D eigenvalue weighted by Gasteiger charge is 2.23. The van der Waals surface area contributed by atoms with Crippen molar-refractivity contribution >= 4 is 5.78 Å². The second-order valence-electron chi connectivity index (χ2n) is 3.31. The summed E-state index contributed by atoms with van der Waals surface area (Å²) < 4.78 is 0. The van der Waals surface area contributed by atoms with E-state index in [4.69, 9.17) is 5.73 Å². The highest BCUT2D eigenvalue weighted by molar-refractivity contribution is 5.83. The molecule has 1 saturated carbocycles. The molecule has 0 saturated heterocycles. The lowest BCUT2D eigenvalue weighted by molar-refractivity contribution is -0.118. The van der Waals surface area contributed by atoms with E-state index >= 15 is 0 Å². The van der Waals surface area contributed by atoms with Crippen LogP contribution in [0.5, 0.6) is 0 Å². The van der Waals surface area contributed by atoms with Crippen LogP contribution in [0.15, 0.2) is 0 Å². The zero-order chi connectivity index (χ0) is 8.27. The number of nitrogens with two attached hydrogens (primary N) is 1. The van der Waals surface area contributed by atoms with Crippen molar-refractivity contribution in [2.24, 2.45) is 5.73 Å². The van der Waals surface area contributed by atoms with E-state index < -0.39 is 0 Å². The summed E-state index contributed by atoms with van der Waals surface area (Å²) in [6.07, 6.45) is 5.88. The summed E-state index contributed by atoms with van der Waals surface area (Å²) in [5, 5.41) is 0. The maximum Gasteiger partial charge on any atom is 0.147 e. The topological polar surface area (TPSA) is 43.1 Å². The van der Waals surface area contributed by atoms with Crippen LogP contribution in [-0.2, 0) is 4.79 Å². The van der Waals surface area contributed by atoms with Crippen molar-refractivity contribution in [3.05, 3.63) is 5.92 Å². The standard InChI is InChI=1S/C9H16NO/c1-7(11)9(10)8-5-3-2-4-6-8/h9H,2-6,10H2,1H3. The van der Waals surface area contributed by atoms with Gasteiger partial charge in [0.2, 0.25) is 0 Å². The molecule has 1 rings (SSSR count). The summed E-state index contributed by atoms with van der Waals surface area (Å²) in [7, 11) is 0. The van der Waals surface area contributed by atoms with Crippen molar-refractivity contribution in [1.29, 1.82) is 0 Å². The van der Waals surface area contributed by atoms with E-state index in [1.807, 2.05) is 0 Å². The molecule has 0 aromatic heterocycles. The minimum absolute atomic E-state index is 0.113. The lowest BCUT2D eigenvalue weighted by Crippen LogP contribution is -2.36. The van der Waals surface area contributed by atoms with Gasteiger partial charge >= 0.3 is 0 Å². The van der Waals surface area contributed by atoms with Crippen LogP contribution in [0.1, 0.15) is 39.0 Å². The molecule has 11 heavy (non-hydrogen) atoms. The Hall–Kier alpha value is -0.370. The largest absolute Gasteiger partial charge is 0.321 e. The number of rotatable bonds is 2. The molecule has 1 radical (unpaired) electrons. The molecule has 0 spiro atoms. The quantitative estimate of drug-likeness (QED) is 0.654. The van der Waals surface area contributed by atoms with E-state index in [-0.39, 0.29) is 11.8 Å². The molecule has 2 nitrogen and oxygen atoms in total. The van der Waals surface area contributed by atoms with Gasteiger partial charge in [-0.2, -0.15) is 0 Å². The third kappa shape index (κ3) is 2.29. The van der Waals surface area contributed by atoms with E-state index in [9.17, 15) is 4.79 Å². The number of ketones is 1. The van der Waals surface area contributed by atoms with E-state index in [0.717, 1.165) is 12.8 Å². The molecular formula is C9H16NO. The van der Waals surface area contributed by atoms with Crippen LogP contribution in [0.4, 0.5) is 0 Å². The van der Waals surface area contributed by atoms with Gasteiger partial charge in [-0.05, 0) is 19.8 Å². The summed E-state index contributed by atoms with van der Waals surface area (Å²) in [4.78, 5) is 10.9. The molecule has 1 aliphatic carbocycles. The van der Waals surface area contributed by atoms with Gasteiger partial charge in [-0.1, -0.05) is 19.3 Å². The van der Waals surface area contributed by atoms with Crippen LogP contribution in [0, 0.1) is 5.92 Å². The Balaban J connectivity index is 2.38. The number of hydrogen-bond acceptors (Lipinski definition) is 2. The molecule has 0 amide bonds. The first-order valence-electron chi connectivity index (χ1n) is 4.32. The first-order valence-corrected chi connectivity index (χ1v) is 4.32. The Morgan fingerprint density at radius 1 is 1.36 bits per heavy atom. The number of hydrogen-bond donors (Lipinski definition) is 1. The van der Waals surface area contributed by atoms with E-state index in [0.29, 0.717) is 0 Å². The molecule has 1 unspecified atom stereocenters. The van der Waals surface area contributed by atoms with Crippen molar-refractivity contribution in [2.45, 2.75) is 45.1 Å². The smallest absolute Gasteiger partial charge is 0.147 e. The first kappa shape index (κ1) is 8.72. The Labute approximate surface area is 68.2 Å². The van der Waals surface area contributed by atoms with E-state index in [1.54, 1.807) is 6.92 Å². The molecule has 2 heteroatoms. The Morgan fingerprint density at radius 2 is 1.91 bits per heavy atom. The molecule has 1 atom stereocenters. The Kier molecular flexibility index (Phi) is 3.06. The maximum atomic E-state index is 10.9. The molecule has 0 aromatic carbocycles. The zero-order valence-electron chi connectivity index (χ0n) is 7.10. The Bertz CT molecular complexity index is 138. The van der Waals surface area contributed by atoms with Gasteiger partial charge in [-0.15, -0.1) is 0 Å². The molecule has 0 bridgehead atoms. The second kappa shape index (κ2) is 3.86. The zero-order valence-corrected chi connectivity index (χ0v) is 7.10. The minimum Gasteiger partial charge on any atom is -0.321 e. The summed E-state index contributed by atoms with van der Waals surface area (Å²) >= 11 is 0. The van der Waals surface area contributed by atoms with Crippen LogP contribution >= 0.6 is 0 Å². The van der Waals surface area contributed by atoms with Gasteiger partial charge in [0.05, 0.1) is 6.04 Å². The van der Waals surface area contributed by atoms with Gasteiger partial charge < -0.3 is 5.73 Å². The second-order valence-corrected chi connectivity index (χ2v) is 3.31. The molecule has 0 heterocycles. The van der Waals surface area contributed by atoms with Crippen molar-refractivity contribution in [1.82, 2.24) is 0 Å². The predicted molar refractivity (Wildman–Crippen MR) is 45.0 cm³/mol. The SMILES string of the molecule is CC(=O)C(N)[C]1CCCCC1. The van der Waals surface area contributed by atoms with Gasteiger partial charge in [0, 0.05) is 5.92 Å². The fourth-order valence-corrected chi connectivity index (χ4v) is 1.60. The van der Waals surface area contributed by atoms with Crippen LogP contribution in [0.2, 0.25) is 0 Å². The van der Waals surface area contributed by atoms with Crippen molar-refractivity contribution in [2.75, 3.05) is 0 Å². The first-order chi connectivity index (χ1) is 5.22. The van der Waals surface area contributed by atoms with Crippen LogP contribution in [-0.4, -0.2) is 11.8 Å². The van der Waals surface area contributed by atoms with Crippen LogP contribution < -0.4 is 5.73 Å². The van der Waals surface area contributed by atoms with Gasteiger partial charge in [0.1, 0.15) is 5.78 Å². The lowest BCUT2D eigenvalue weighted by Gasteiger charge is -2.24. The number of carbonyl (C=O) groups is 1. The third-order valence-electron chi connectivity index (χ3n) is 2.37. The predicted octanol–water partition coefficient (Wildman–Crippen LogP) is 1.44. The third-order valence-corrected chi connectivity index (χ3v) is 2.37. The van der Waals surface area contributed by atoms with Crippen molar-refractivity contribution in [3.63, 3.8) is 0 Å². The molecule has 1 fully saturated rings. The van der Waals surface area contributed by atoms with E-state index in [1.165, 1.54) is 25.2 Å². The number of carbonyl (C=O) groups excluding carboxylic acids is 1. The van der Waals surface area contributed by atoms with Crippen LogP contribution in [0.3, 0.4) is 0 Å². The molecule has 0 aromatic rings. The molecule has 1 aliphatic rings. The van der Waals surface area contributed by atoms with Crippen LogP contribution in [0.25, 0.3) is 0 Å². The molecular weight excluding hydrogens is 138 g/mol. The van der Waals surface area contributed by atoms with Gasteiger partial charge in [-0.25, -0.2) is 0 Å². The summed E-state index contributed by atoms with van der Waals surface area (Å²) in [6, 6.07) is -0.268. The summed E-state index contributed by atoms with van der Waals surface area (Å²) in [5.41, 5.74) is 5.70. The lowest BCUT2D eigenvalue weighted by atomic mass is 9.83. The average molecular weight is 154 g/mol. The van der Waals surface area contributed by atoms with Gasteiger partial charge in [0.25, 0.3) is 0 Å². The summed E-state index contributed by atoms with van der Waals surface area (Å²) in [5.74, 6) is 1.38. The monoisotopic (exact) mass is 154 g/mol. The van der Waals surface area contributed by atoms with Gasteiger partial charge in [0.15, 0.2) is 0 Å². The fourth-order valence-electron chi connectivity index (χ4n) is 1.60. The molecule has 63 valence electrons. The van der Waals surface area contributed by atoms with E-state index in [2.05, 4.69) is 0 Å². The van der Waals surface area contributed by atoms with Crippen molar-refractivity contribution in [3.8, 4) is 0 Å². The normalized spacial score (nSPS) is 23.1. The molecule has 2 N–H and O–H groups in total.